The van der Waals surface area contributed by atoms with E-state index in [2.05, 4.69) is 336 Å². The van der Waals surface area contributed by atoms with Crippen molar-refractivity contribution in [3.05, 3.63) is 338 Å². The summed E-state index contributed by atoms with van der Waals surface area (Å²) in [4.78, 5) is 7.19. The van der Waals surface area contributed by atoms with Crippen LogP contribution in [0.5, 0.6) is 0 Å². The number of hydrogen-bond donors (Lipinski definition) is 0. The van der Waals surface area contributed by atoms with Gasteiger partial charge in [-0.15, -0.1) is 34.0 Å². The lowest BCUT2D eigenvalue weighted by Crippen LogP contribution is -2.73. The van der Waals surface area contributed by atoms with Crippen LogP contribution in [0.2, 0.25) is 0 Å². The van der Waals surface area contributed by atoms with Gasteiger partial charge in [-0.2, -0.15) is 0 Å². The second-order valence-corrected chi connectivity index (χ2v) is 33.1. The first kappa shape index (κ1) is 63.3. The van der Waals surface area contributed by atoms with Gasteiger partial charge in [0.1, 0.15) is 33.5 Å². The highest BCUT2D eigenvalue weighted by atomic mass is 32.2. The molecule has 111 heavy (non-hydrogen) atoms. The van der Waals surface area contributed by atoms with Gasteiger partial charge in [-0.25, -0.2) is 0 Å². The van der Waals surface area contributed by atoms with E-state index in [-0.39, 0.29) is 26.9 Å². The summed E-state index contributed by atoms with van der Waals surface area (Å²) in [6, 6.07) is 118. The number of rotatable bonds is 8. The Morgan fingerprint density at radius 2 is 0.676 bits per heavy atom. The first-order valence-corrected chi connectivity index (χ1v) is 40.9. The molecule has 3 aliphatic rings. The van der Waals surface area contributed by atoms with Gasteiger partial charge in [0.15, 0.2) is 0 Å². The van der Waals surface area contributed by atoms with Crippen LogP contribution < -0.4 is 76.1 Å². The van der Waals surface area contributed by atoms with Crippen molar-refractivity contribution in [2.45, 2.75) is 9.79 Å². The van der Waals surface area contributed by atoms with Gasteiger partial charge in [-0.1, -0.05) is 216 Å². The minimum atomic E-state index is -0.211. The van der Waals surface area contributed by atoms with Crippen molar-refractivity contribution in [2.75, 3.05) is 9.80 Å². The quantitative estimate of drug-likeness (QED) is 0.139. The van der Waals surface area contributed by atoms with E-state index in [0.717, 1.165) is 122 Å². The fourth-order valence-corrected chi connectivity index (χ4v) is 22.2. The molecule has 0 radical (unpaired) electrons. The Labute approximate surface area is 654 Å². The summed E-state index contributed by atoms with van der Waals surface area (Å²) in [5, 5.41) is 16.2. The summed E-state index contributed by atoms with van der Waals surface area (Å²) in [6.45, 7) is -0.733. The highest BCUT2D eigenvalue weighted by Crippen LogP contribution is 2.51. The number of thiophene rings is 3. The van der Waals surface area contributed by atoms with Crippen LogP contribution in [0.4, 0.5) is 34.1 Å². The monoisotopic (exact) mass is 1490 g/mol. The maximum atomic E-state index is 7.17. The van der Waals surface area contributed by atoms with Crippen molar-refractivity contribution in [3.63, 3.8) is 0 Å². The molecule has 0 unspecified atom stereocenters. The molecule has 0 atom stereocenters. The third kappa shape index (κ3) is 9.76. The van der Waals surface area contributed by atoms with Gasteiger partial charge >= 0.3 is 0 Å². The average molecular weight is 1490 g/mol. The summed E-state index contributed by atoms with van der Waals surface area (Å²) in [5.74, 6) is 0. The molecule has 0 saturated carbocycles. The standard InChI is InChI=1S/C48H27B2NO3S2.C48H29B2NO2S2/c1-5-13-37-31(9-1)32-22-19-29(27-40(32)52-37)50-45-33-10-2-6-14-38(33)53-47(45)49(46-44-34-25-26-55-41(34)24-23-39(44)54-48(46)50)28-17-20-30(21-18-28)51-35-11-3-7-15-42(35)56-43-16-8-4-12-36(43)51;1-3-11-32(12-4-1)51(33-13-5-2-6-14-33)34-22-19-30(20-23-34)49-46-44-38-27-28-54-41(38)26-25-40(44)53-48(46)50(45-37-16-7-9-17-39(37)52-47(45)49)31-21-24-36-35-15-8-10-18-42(35)55-43(36)29-31/h1-27H;1-29H. The van der Waals surface area contributed by atoms with Crippen LogP contribution in [0.3, 0.4) is 0 Å². The second-order valence-electron chi connectivity index (χ2n) is 29.1. The van der Waals surface area contributed by atoms with Crippen molar-refractivity contribution >= 4 is 279 Å². The number of benzene rings is 14. The van der Waals surface area contributed by atoms with Crippen molar-refractivity contribution in [1.29, 1.82) is 0 Å². The number of para-hydroxylation sites is 7. The minimum Gasteiger partial charge on any atom is -0.471 e. The van der Waals surface area contributed by atoms with Crippen molar-refractivity contribution in [2.24, 2.45) is 0 Å². The van der Waals surface area contributed by atoms with Crippen LogP contribution in [-0.2, 0) is 0 Å². The van der Waals surface area contributed by atoms with Gasteiger partial charge in [0.25, 0.3) is 26.9 Å². The maximum Gasteiger partial charge on any atom is 0.290 e. The Bertz CT molecular complexity index is 7440. The minimum absolute atomic E-state index is 0.147. The lowest BCUT2D eigenvalue weighted by Gasteiger charge is -2.33. The van der Waals surface area contributed by atoms with Crippen LogP contribution in [-0.4, -0.2) is 26.9 Å². The summed E-state index contributed by atoms with van der Waals surface area (Å²) < 4.78 is 40.0. The Hall–Kier alpha value is -12.6. The van der Waals surface area contributed by atoms with E-state index < -0.39 is 0 Å². The molecule has 7 nitrogen and oxygen atoms in total. The number of furan rings is 5. The molecule has 0 fully saturated rings. The third-order valence-electron chi connectivity index (χ3n) is 23.1. The molecule has 15 heteroatoms. The smallest absolute Gasteiger partial charge is 0.290 e. The van der Waals surface area contributed by atoms with Crippen molar-refractivity contribution in [3.8, 4) is 0 Å². The molecular formula is C96H56B4N2O5S4. The highest BCUT2D eigenvalue weighted by Gasteiger charge is 2.49. The zero-order valence-electron chi connectivity index (χ0n) is 59.2. The van der Waals surface area contributed by atoms with Crippen molar-refractivity contribution in [1.82, 2.24) is 0 Å². The fourth-order valence-electron chi connectivity index (χ4n) is 18.4. The van der Waals surface area contributed by atoms with E-state index >= 15 is 0 Å². The second kappa shape index (κ2) is 25.0. The molecule has 0 N–H and O–H groups in total. The largest absolute Gasteiger partial charge is 0.471 e. The summed E-state index contributed by atoms with van der Waals surface area (Å²) in [7, 11) is 0. The predicted molar refractivity (Wildman–Crippen MR) is 474 cm³/mol. The Balaban J connectivity index is 0.000000129. The van der Waals surface area contributed by atoms with Crippen LogP contribution in [0.1, 0.15) is 0 Å². The number of nitrogens with zero attached hydrogens (tertiary/aromatic N) is 2. The molecular weight excluding hydrogens is 1430 g/mol. The van der Waals surface area contributed by atoms with E-state index in [1.54, 1.807) is 22.7 Å². The molecule has 0 spiro atoms. The van der Waals surface area contributed by atoms with E-state index in [0.29, 0.717) is 0 Å². The summed E-state index contributed by atoms with van der Waals surface area (Å²) in [5.41, 5.74) is 25.4. The first-order valence-electron chi connectivity index (χ1n) is 37.5. The van der Waals surface area contributed by atoms with Gasteiger partial charge in [0.2, 0.25) is 0 Å². The highest BCUT2D eigenvalue weighted by molar-refractivity contribution is 7.99. The lowest BCUT2D eigenvalue weighted by atomic mass is 9.24. The molecule has 11 heterocycles. The van der Waals surface area contributed by atoms with Gasteiger partial charge in [-0.05, 0) is 178 Å². The summed E-state index contributed by atoms with van der Waals surface area (Å²) in [6.07, 6.45) is 0. The van der Waals surface area contributed by atoms with Gasteiger partial charge in [-0.3, -0.25) is 0 Å². The average Bonchev–Trinajstić information content (AvgIpc) is 1.55. The first-order chi connectivity index (χ1) is 55.0. The normalized spacial score (nSPS) is 13.1. The Morgan fingerprint density at radius 1 is 0.261 bits per heavy atom. The SMILES string of the molecule is c1ccc(N(c2ccccc2)c2ccc(B3c4oc5ccccc5c4B(c4ccc5c(c4)sc4ccccc45)c4oc5ccc6sccc6c5c43)cc2)cc1.c1ccc2c(c1)Sc1ccccc1N2c1ccc(B2c3oc4ccccc4c3B(c3ccc4c(c3)oc3ccccc34)c3oc4ccc5sccc5c4c32)cc1. The molecule has 8 aromatic heterocycles. The number of hydrogen-bond acceptors (Lipinski definition) is 11. The lowest BCUT2D eigenvalue weighted by molar-refractivity contribution is 0.647. The van der Waals surface area contributed by atoms with Gasteiger partial charge < -0.3 is 31.9 Å². The Kier molecular flexibility index (Phi) is 14.2. The molecule has 516 valence electrons. The van der Waals surface area contributed by atoms with Crippen LogP contribution in [0, 0.1) is 0 Å². The number of fused-ring (bicyclic) bond motifs is 24. The van der Waals surface area contributed by atoms with E-state index in [1.165, 1.54) is 94.2 Å². The molecule has 0 bridgehead atoms. The molecule has 25 rings (SSSR count). The fraction of sp³-hybridized carbons (Fsp3) is 0. The molecule has 0 saturated heterocycles. The number of anilines is 6. The summed E-state index contributed by atoms with van der Waals surface area (Å²) >= 11 is 7.22. The molecule has 0 aliphatic carbocycles. The van der Waals surface area contributed by atoms with E-state index in [9.17, 15) is 0 Å². The predicted octanol–water partition coefficient (Wildman–Crippen LogP) is 19.2. The van der Waals surface area contributed by atoms with E-state index in [1.807, 2.05) is 35.2 Å². The van der Waals surface area contributed by atoms with Gasteiger partial charge in [0.05, 0.1) is 34.0 Å². The zero-order chi connectivity index (χ0) is 72.5. The zero-order valence-corrected chi connectivity index (χ0v) is 62.5. The van der Waals surface area contributed by atoms with Crippen molar-refractivity contribution < 1.29 is 22.1 Å². The van der Waals surface area contributed by atoms with Crippen LogP contribution >= 0.6 is 45.8 Å². The Morgan fingerprint density at radius 3 is 1.25 bits per heavy atom. The van der Waals surface area contributed by atoms with Gasteiger partial charge in [0, 0.05) is 105 Å². The molecule has 22 aromatic rings. The molecule has 0 amide bonds. The topological polar surface area (TPSA) is 72.2 Å². The molecule has 14 aromatic carbocycles. The van der Waals surface area contributed by atoms with E-state index in [4.69, 9.17) is 22.1 Å². The van der Waals surface area contributed by atoms with Crippen LogP contribution in [0.25, 0.3) is 106 Å². The van der Waals surface area contributed by atoms with Crippen LogP contribution in [0.15, 0.2) is 370 Å². The molecule has 3 aliphatic heterocycles. The third-order valence-corrected chi connectivity index (χ3v) is 27.2. The maximum absolute atomic E-state index is 7.17.